The lowest BCUT2D eigenvalue weighted by molar-refractivity contribution is 0.165. The van der Waals surface area contributed by atoms with Crippen LogP contribution >= 0.6 is 0 Å². The first-order valence-electron chi connectivity index (χ1n) is 6.44. The fraction of sp³-hybridized carbons (Fsp3) is 0.500. The highest BCUT2D eigenvalue weighted by molar-refractivity contribution is 7.89. The van der Waals surface area contributed by atoms with Crippen molar-refractivity contribution in [1.82, 2.24) is 4.72 Å². The highest BCUT2D eigenvalue weighted by Gasteiger charge is 2.18. The van der Waals surface area contributed by atoms with Crippen molar-refractivity contribution in [1.29, 1.82) is 5.26 Å². The molecule has 2 N–H and O–H groups in total. The minimum atomic E-state index is -3.64. The molecule has 1 aromatic carbocycles. The van der Waals surface area contributed by atoms with Crippen molar-refractivity contribution < 1.29 is 13.5 Å². The van der Waals surface area contributed by atoms with Crippen molar-refractivity contribution in [3.63, 3.8) is 0 Å². The molecule has 0 aromatic heterocycles. The Labute approximate surface area is 120 Å². The molecule has 0 saturated carbocycles. The lowest BCUT2D eigenvalue weighted by Gasteiger charge is -2.15. The minimum Gasteiger partial charge on any atom is -0.393 e. The van der Waals surface area contributed by atoms with Gasteiger partial charge in [-0.05, 0) is 43.9 Å². The third-order valence-electron chi connectivity index (χ3n) is 2.97. The van der Waals surface area contributed by atoms with E-state index in [0.717, 1.165) is 0 Å². The van der Waals surface area contributed by atoms with Gasteiger partial charge in [-0.1, -0.05) is 13.0 Å². The molecule has 110 valence electrons. The monoisotopic (exact) mass is 296 g/mol. The lowest BCUT2D eigenvalue weighted by Crippen LogP contribution is -2.30. The zero-order valence-electron chi connectivity index (χ0n) is 11.9. The number of hydrogen-bond acceptors (Lipinski definition) is 4. The maximum absolute atomic E-state index is 12.2. The molecule has 0 aliphatic heterocycles. The SMILES string of the molecule is Cc1ccc(C#N)cc1S(=O)(=O)NCC(C)CC(C)O. The van der Waals surface area contributed by atoms with E-state index in [2.05, 4.69) is 4.72 Å². The quantitative estimate of drug-likeness (QED) is 0.833. The topological polar surface area (TPSA) is 90.2 Å². The average Bonchev–Trinajstić information content (AvgIpc) is 2.36. The van der Waals surface area contributed by atoms with Gasteiger partial charge in [0.25, 0.3) is 0 Å². The number of hydrogen-bond donors (Lipinski definition) is 2. The van der Waals surface area contributed by atoms with E-state index < -0.39 is 16.1 Å². The van der Waals surface area contributed by atoms with E-state index in [0.29, 0.717) is 17.5 Å². The zero-order chi connectivity index (χ0) is 15.3. The normalized spacial score (nSPS) is 14.6. The first kappa shape index (κ1) is 16.6. The maximum Gasteiger partial charge on any atom is 0.240 e. The molecule has 0 aliphatic carbocycles. The third-order valence-corrected chi connectivity index (χ3v) is 4.54. The summed E-state index contributed by atoms with van der Waals surface area (Å²) in [4.78, 5) is 0.126. The number of nitriles is 1. The van der Waals surface area contributed by atoms with Crippen molar-refractivity contribution >= 4 is 10.0 Å². The number of aliphatic hydroxyl groups is 1. The lowest BCUT2D eigenvalue weighted by atomic mass is 10.1. The standard InChI is InChI=1S/C14H20N2O3S/c1-10(6-12(3)17)9-16-20(18,19)14-7-13(8-15)5-4-11(14)2/h4-5,7,10,12,16-17H,6,9H2,1-3H3. The van der Waals surface area contributed by atoms with Crippen LogP contribution in [0.25, 0.3) is 0 Å². The van der Waals surface area contributed by atoms with E-state index >= 15 is 0 Å². The average molecular weight is 296 g/mol. The fourth-order valence-corrected chi connectivity index (χ4v) is 3.39. The number of benzene rings is 1. The van der Waals surface area contributed by atoms with Crippen LogP contribution in [0.2, 0.25) is 0 Å². The van der Waals surface area contributed by atoms with Crippen LogP contribution in [0.1, 0.15) is 31.4 Å². The first-order valence-corrected chi connectivity index (χ1v) is 7.93. The molecule has 0 radical (unpaired) electrons. The molecule has 0 aliphatic rings. The Kier molecular flexibility index (Phi) is 5.69. The van der Waals surface area contributed by atoms with Crippen LogP contribution in [-0.4, -0.2) is 26.2 Å². The Morgan fingerprint density at radius 3 is 2.60 bits per heavy atom. The van der Waals surface area contributed by atoms with Gasteiger partial charge in [0.05, 0.1) is 22.6 Å². The molecular formula is C14H20N2O3S. The van der Waals surface area contributed by atoms with Crippen molar-refractivity contribution in [2.75, 3.05) is 6.54 Å². The second-order valence-electron chi connectivity index (χ2n) is 5.13. The van der Waals surface area contributed by atoms with Crippen LogP contribution in [0.5, 0.6) is 0 Å². The highest BCUT2D eigenvalue weighted by atomic mass is 32.2. The van der Waals surface area contributed by atoms with E-state index in [-0.39, 0.29) is 17.4 Å². The molecular weight excluding hydrogens is 276 g/mol. The van der Waals surface area contributed by atoms with Crippen LogP contribution in [0.3, 0.4) is 0 Å². The second-order valence-corrected chi connectivity index (χ2v) is 6.87. The molecule has 2 unspecified atom stereocenters. The summed E-state index contributed by atoms with van der Waals surface area (Å²) in [5, 5.41) is 18.1. The number of rotatable bonds is 6. The van der Waals surface area contributed by atoms with Gasteiger partial charge in [-0.3, -0.25) is 0 Å². The van der Waals surface area contributed by atoms with Crippen LogP contribution < -0.4 is 4.72 Å². The van der Waals surface area contributed by atoms with Gasteiger partial charge in [0.15, 0.2) is 0 Å². The summed E-state index contributed by atoms with van der Waals surface area (Å²) in [6, 6.07) is 6.51. The van der Waals surface area contributed by atoms with Gasteiger partial charge in [0.2, 0.25) is 10.0 Å². The van der Waals surface area contributed by atoms with Crippen molar-refractivity contribution in [2.45, 2.75) is 38.2 Å². The Morgan fingerprint density at radius 1 is 1.40 bits per heavy atom. The second kappa shape index (κ2) is 6.84. The predicted octanol–water partition coefficient (Wildman–Crippen LogP) is 1.55. The summed E-state index contributed by atoms with van der Waals surface area (Å²) in [5.74, 6) is 0.0317. The maximum atomic E-state index is 12.2. The molecule has 1 rings (SSSR count). The Morgan fingerprint density at radius 2 is 2.05 bits per heavy atom. The van der Waals surface area contributed by atoms with E-state index in [9.17, 15) is 13.5 Å². The summed E-state index contributed by atoms with van der Waals surface area (Å²) < 4.78 is 27.0. The fourth-order valence-electron chi connectivity index (χ4n) is 1.95. The van der Waals surface area contributed by atoms with Gasteiger partial charge >= 0.3 is 0 Å². The zero-order valence-corrected chi connectivity index (χ0v) is 12.7. The highest BCUT2D eigenvalue weighted by Crippen LogP contribution is 2.17. The summed E-state index contributed by atoms with van der Waals surface area (Å²) >= 11 is 0. The van der Waals surface area contributed by atoms with E-state index in [1.807, 2.05) is 13.0 Å². The minimum absolute atomic E-state index is 0.0317. The molecule has 0 heterocycles. The molecule has 2 atom stereocenters. The predicted molar refractivity (Wildman–Crippen MR) is 76.5 cm³/mol. The van der Waals surface area contributed by atoms with Gasteiger partial charge in [0, 0.05) is 6.54 Å². The van der Waals surface area contributed by atoms with E-state index in [1.54, 1.807) is 26.0 Å². The van der Waals surface area contributed by atoms with Crippen molar-refractivity contribution in [2.24, 2.45) is 5.92 Å². The van der Waals surface area contributed by atoms with Gasteiger partial charge in [-0.15, -0.1) is 0 Å². The number of nitrogens with one attached hydrogen (secondary N) is 1. The number of aryl methyl sites for hydroxylation is 1. The molecule has 0 bridgehead atoms. The molecule has 0 amide bonds. The Bertz CT molecular complexity index is 603. The number of sulfonamides is 1. The number of aliphatic hydroxyl groups excluding tert-OH is 1. The van der Waals surface area contributed by atoms with Gasteiger partial charge in [0.1, 0.15) is 0 Å². The van der Waals surface area contributed by atoms with Crippen molar-refractivity contribution in [3.8, 4) is 6.07 Å². The summed E-state index contributed by atoms with van der Waals surface area (Å²) in [5.41, 5.74) is 0.910. The molecule has 5 nitrogen and oxygen atoms in total. The molecule has 1 aromatic rings. The van der Waals surface area contributed by atoms with Crippen LogP contribution in [0.15, 0.2) is 23.1 Å². The summed E-state index contributed by atoms with van der Waals surface area (Å²) in [7, 11) is -3.64. The number of nitrogens with zero attached hydrogens (tertiary/aromatic N) is 1. The van der Waals surface area contributed by atoms with Crippen molar-refractivity contribution in [3.05, 3.63) is 29.3 Å². The van der Waals surface area contributed by atoms with Crippen LogP contribution in [0.4, 0.5) is 0 Å². The smallest absolute Gasteiger partial charge is 0.240 e. The molecule has 0 fully saturated rings. The van der Waals surface area contributed by atoms with Gasteiger partial charge in [-0.2, -0.15) is 5.26 Å². The van der Waals surface area contributed by atoms with E-state index in [1.165, 1.54) is 6.07 Å². The molecule has 0 spiro atoms. The van der Waals surface area contributed by atoms with Gasteiger partial charge < -0.3 is 5.11 Å². The van der Waals surface area contributed by atoms with E-state index in [4.69, 9.17) is 5.26 Å². The molecule has 0 saturated heterocycles. The summed E-state index contributed by atoms with van der Waals surface area (Å²) in [6.07, 6.45) is 0.0675. The first-order chi connectivity index (χ1) is 9.26. The Balaban J connectivity index is 2.87. The van der Waals surface area contributed by atoms with Gasteiger partial charge in [-0.25, -0.2) is 13.1 Å². The van der Waals surface area contributed by atoms with Crippen LogP contribution in [-0.2, 0) is 10.0 Å². The molecule has 20 heavy (non-hydrogen) atoms. The van der Waals surface area contributed by atoms with Crippen LogP contribution in [0, 0.1) is 24.2 Å². The summed E-state index contributed by atoms with van der Waals surface area (Å²) in [6.45, 7) is 5.48. The Hall–Kier alpha value is -1.42. The molecule has 6 heteroatoms. The largest absolute Gasteiger partial charge is 0.393 e. The third kappa shape index (κ3) is 4.60.